The zero-order valence-corrected chi connectivity index (χ0v) is 61.2. The lowest BCUT2D eigenvalue weighted by Gasteiger charge is -2.50. The number of amides is 5. The van der Waals surface area contributed by atoms with Gasteiger partial charge in [-0.05, 0) is 0 Å². The number of rotatable bonds is 36. The maximum Gasteiger partial charge on any atom is 0.364 e. The second-order valence-corrected chi connectivity index (χ2v) is 27.3. The van der Waals surface area contributed by atoms with Crippen molar-refractivity contribution < 1.29 is 212 Å². The van der Waals surface area contributed by atoms with Gasteiger partial charge < -0.3 is 210 Å². The number of aliphatic hydroxyl groups is 20. The normalized spacial score (nSPS) is 42.2. The molecule has 0 aliphatic carbocycles. The molecule has 0 aromatic carbocycles. The molecule has 20 unspecified atom stereocenters. The van der Waals surface area contributed by atoms with Crippen molar-refractivity contribution in [3.63, 3.8) is 0 Å². The molecule has 0 aromatic rings. The van der Waals surface area contributed by atoms with Crippen LogP contribution in [0.1, 0.15) is 34.1 Å². The Bertz CT molecular complexity index is 2920. The first-order chi connectivity index (χ1) is 52.0. The molecule has 0 spiro atoms. The summed E-state index contributed by atoms with van der Waals surface area (Å²) in [4.78, 5) is 75.5. The van der Waals surface area contributed by atoms with E-state index in [0.717, 1.165) is 34.8 Å². The van der Waals surface area contributed by atoms with E-state index in [2.05, 4.69) is 42.5 Å². The van der Waals surface area contributed by atoms with Crippen molar-refractivity contribution in [2.75, 3.05) is 78.5 Å². The first-order valence-corrected chi connectivity index (χ1v) is 35.7. The lowest BCUT2D eigenvalue weighted by molar-refractivity contribution is -0.388. The highest BCUT2D eigenvalue weighted by Crippen LogP contribution is 2.39. The molecule has 38 atom stereocenters. The van der Waals surface area contributed by atoms with E-state index in [4.69, 9.17) is 75.8 Å². The Morgan fingerprint density at radius 3 is 1.42 bits per heavy atom. The van der Waals surface area contributed by atoms with Gasteiger partial charge in [0.2, 0.25) is 29.5 Å². The molecular weight excluding hydrogens is 1570 g/mol. The topological polar surface area (TPSA) is 735 Å². The zero-order valence-electron chi connectivity index (χ0n) is 59.6. The smallest absolute Gasteiger partial charge is 0.364 e. The van der Waals surface area contributed by atoms with Gasteiger partial charge in [0, 0.05) is 41.2 Å². The number of carbonyl (C=O) groups excluding carboxylic acids is 5. The third-order valence-corrected chi connectivity index (χ3v) is 19.5. The predicted octanol–water partition coefficient (Wildman–Crippen LogP) is -16.6. The molecule has 7 saturated heterocycles. The summed E-state index contributed by atoms with van der Waals surface area (Å²) in [7, 11) is 1.03. The minimum Gasteiger partial charge on any atom is -0.477 e. The van der Waals surface area contributed by atoms with Gasteiger partial charge in [0.25, 0.3) is 5.79 Å². The molecule has 0 aromatic heterocycles. The molecule has 0 radical (unpaired) electrons. The third kappa shape index (κ3) is 22.1. The van der Waals surface area contributed by atoms with Crippen molar-refractivity contribution in [1.82, 2.24) is 26.6 Å². The first-order valence-electron chi connectivity index (χ1n) is 34.6. The molecular formula is C61H102BrN5O43. The van der Waals surface area contributed by atoms with Crippen LogP contribution in [-0.4, -0.2) is 454 Å². The van der Waals surface area contributed by atoms with E-state index >= 15 is 0 Å². The van der Waals surface area contributed by atoms with Gasteiger partial charge >= 0.3 is 5.97 Å². The van der Waals surface area contributed by atoms with Gasteiger partial charge in [0.15, 0.2) is 44.0 Å². The summed E-state index contributed by atoms with van der Waals surface area (Å²) in [6, 6.07) is -6.85. The maximum absolute atomic E-state index is 13.0. The molecule has 7 rings (SSSR count). The van der Waals surface area contributed by atoms with E-state index < -0.39 is 341 Å². The van der Waals surface area contributed by atoms with Crippen LogP contribution in [0.25, 0.3) is 0 Å². The molecule has 26 N–H and O–H groups in total. The third-order valence-electron chi connectivity index (χ3n) is 19.0. The Labute approximate surface area is 633 Å². The molecule has 7 aliphatic rings. The van der Waals surface area contributed by atoms with Crippen LogP contribution in [-0.2, 0) is 105 Å². The van der Waals surface area contributed by atoms with Gasteiger partial charge in [-0.1, -0.05) is 15.9 Å². The number of ether oxygens (including phenoxy) is 16. The Morgan fingerprint density at radius 2 is 0.909 bits per heavy atom. The average molecular weight is 1670 g/mol. The molecule has 5 amide bonds. The van der Waals surface area contributed by atoms with Crippen LogP contribution in [0.3, 0.4) is 0 Å². The molecule has 49 heteroatoms. The number of carboxylic acids is 1. The fourth-order valence-corrected chi connectivity index (χ4v) is 13.6. The first kappa shape index (κ1) is 93.0. The molecule has 48 nitrogen and oxygen atoms in total. The lowest BCUT2D eigenvalue weighted by atomic mass is 9.88. The second kappa shape index (κ2) is 42.1. The Balaban J connectivity index is 1.15. The monoisotopic (exact) mass is 1670 g/mol. The van der Waals surface area contributed by atoms with Crippen molar-refractivity contribution in [3.8, 4) is 0 Å². The highest BCUT2D eigenvalue weighted by atomic mass is 79.9. The van der Waals surface area contributed by atoms with E-state index in [9.17, 15) is 136 Å². The molecule has 110 heavy (non-hydrogen) atoms. The number of hydrogen-bond donors (Lipinski definition) is 26. The summed E-state index contributed by atoms with van der Waals surface area (Å²) < 4.78 is 94.1. The summed E-state index contributed by atoms with van der Waals surface area (Å²) in [5.41, 5.74) is 0. The fourth-order valence-electron chi connectivity index (χ4n) is 13.5. The average Bonchev–Trinajstić information content (AvgIpc) is 0.773. The Hall–Kier alpha value is -4.14. The number of aliphatic carboxylic acids is 1. The predicted molar refractivity (Wildman–Crippen MR) is 349 cm³/mol. The van der Waals surface area contributed by atoms with E-state index in [1.165, 1.54) is 0 Å². The number of aliphatic hydroxyl groups excluding tert-OH is 20. The highest BCUT2D eigenvalue weighted by Gasteiger charge is 2.60. The molecule has 7 heterocycles. The SMILES string of the molecule is COC1C(O)[C@H](O)[C@@H](CO)O[C@@H]1OC1C(O)[C@H](O[C@@H]2C(CO)O[C@@H](O[C@@H]3C(CO)O[C@@H](NC(=O)CBr)C(NC(C)=O)C3O)C(NC(C)=O)C2O)OC(CO[C@H]2OC(CO)[C@@H](O)C(O)C2O[C@@H]2O[C@@H](CO)[C@@H](O[C@H](OCCO[C@]3(C(=O)O)CC(O)[C@@H](NC(C)=O)C([C@H](O)C(O)CO)O3)C(O)CO)C(O)C2NC(C)=O)[C@H]1O. The number of carbonyl (C=O) groups is 6. The largest absolute Gasteiger partial charge is 0.477 e. The van der Waals surface area contributed by atoms with Crippen LogP contribution in [0, 0.1) is 0 Å². The molecule has 0 saturated carbocycles. The Kier molecular flexibility index (Phi) is 35.6. The van der Waals surface area contributed by atoms with Crippen LogP contribution < -0.4 is 26.6 Å². The minimum atomic E-state index is -2.89. The van der Waals surface area contributed by atoms with Crippen molar-refractivity contribution in [3.05, 3.63) is 0 Å². The zero-order chi connectivity index (χ0) is 81.7. The number of hydrogen-bond acceptors (Lipinski definition) is 42. The summed E-state index contributed by atoms with van der Waals surface area (Å²) in [6.07, 6.45) is -66.5. The number of alkyl halides is 1. The van der Waals surface area contributed by atoms with Gasteiger partial charge in [-0.25, -0.2) is 4.79 Å². The second-order valence-electron chi connectivity index (χ2n) is 26.8. The Morgan fingerprint density at radius 1 is 0.464 bits per heavy atom. The van der Waals surface area contributed by atoms with Crippen LogP contribution in [0.2, 0.25) is 0 Å². The van der Waals surface area contributed by atoms with Crippen LogP contribution in [0.4, 0.5) is 0 Å². The van der Waals surface area contributed by atoms with Gasteiger partial charge in [-0.2, -0.15) is 0 Å². The van der Waals surface area contributed by atoms with Crippen molar-refractivity contribution in [1.29, 1.82) is 0 Å². The molecule has 0 bridgehead atoms. The molecule has 7 fully saturated rings. The number of halogens is 1. The van der Waals surface area contributed by atoms with E-state index in [-0.39, 0.29) is 5.33 Å². The van der Waals surface area contributed by atoms with Crippen molar-refractivity contribution in [2.24, 2.45) is 0 Å². The van der Waals surface area contributed by atoms with Crippen molar-refractivity contribution >= 4 is 51.4 Å². The van der Waals surface area contributed by atoms with Gasteiger partial charge in [-0.15, -0.1) is 0 Å². The molecule has 636 valence electrons. The van der Waals surface area contributed by atoms with Gasteiger partial charge in [0.1, 0.15) is 171 Å². The number of nitrogens with one attached hydrogen (secondary N) is 5. The van der Waals surface area contributed by atoms with Crippen LogP contribution >= 0.6 is 15.9 Å². The van der Waals surface area contributed by atoms with E-state index in [1.54, 1.807) is 0 Å². The van der Waals surface area contributed by atoms with E-state index in [0.29, 0.717) is 0 Å². The quantitative estimate of drug-likeness (QED) is 0.0157. The summed E-state index contributed by atoms with van der Waals surface area (Å²) in [5, 5.41) is 243. The summed E-state index contributed by atoms with van der Waals surface area (Å²) >= 11 is 2.98. The lowest BCUT2D eigenvalue weighted by Crippen LogP contribution is -2.71. The van der Waals surface area contributed by atoms with Crippen molar-refractivity contribution in [2.45, 2.75) is 267 Å². The number of methoxy groups -OCH3 is 1. The van der Waals surface area contributed by atoms with Crippen LogP contribution in [0.5, 0.6) is 0 Å². The van der Waals surface area contributed by atoms with Crippen LogP contribution in [0.15, 0.2) is 0 Å². The van der Waals surface area contributed by atoms with Gasteiger partial charge in [0.05, 0.1) is 83.5 Å². The van der Waals surface area contributed by atoms with Gasteiger partial charge in [-0.3, -0.25) is 24.0 Å². The standard InChI is InChI=1S/C61H102BrN5O43/c1-18(75)63-32-22(79)8-61(60(93)94,110-49(32)36(83)23(80)10-68)98-7-6-96-54(24(81)11-69)105-47-28(15-73)103-56(35(41(47)88)66-21(4)78)109-52-44(91)38(85)25(12-70)100-58(52)97-17-30-39(86)50(108-59-51(95-5)43(90)37(84)26(13-71)101-59)45(92)57(104-30)107-48-29(16-74)102-55(34(42(48)89)65-20(3)77)106-46-27(14-72)99-53(67-31(82)9-62)33(40(46)87)64-19(2)76/h22-30,32-59,68-74,79-81,83-92H,6-17H2,1-5H3,(H,63,75)(H,64,76)(H,65,77)(H,66,78)(H,67,82)(H,93,94)/t22?,23?,24?,25?,26-,27?,28+,29?,30?,32-,33?,34?,35?,36-,37-,38-,39-,40?,41?,42?,43?,44?,45?,46-,47-,48-,49?,50?,51?,52?,53-,54+,55+,56+,57+,58+,59-,61-/m1/s1. The maximum atomic E-state index is 13.0. The van der Waals surface area contributed by atoms with E-state index in [1.807, 2.05) is 0 Å². The fraction of sp³-hybridized carbons (Fsp3) is 0.902. The summed E-state index contributed by atoms with van der Waals surface area (Å²) in [6.45, 7) is -6.37. The molecule has 7 aliphatic heterocycles. The summed E-state index contributed by atoms with van der Waals surface area (Å²) in [5.74, 6) is -8.85. The minimum absolute atomic E-state index is 0.267. The number of carboxylic acid groups (broad SMARTS) is 1. The highest BCUT2D eigenvalue weighted by molar-refractivity contribution is 9.09.